The first-order valence-corrected chi connectivity index (χ1v) is 20.8. The second-order valence-corrected chi connectivity index (χ2v) is 14.2. The molecule has 0 aliphatic carbocycles. The fourth-order valence-corrected chi connectivity index (χ4v) is 6.14. The van der Waals surface area contributed by atoms with Crippen LogP contribution in [-0.2, 0) is 4.79 Å². The first-order chi connectivity index (χ1) is 23.6. The maximum atomic E-state index is 12.4. The monoisotopic (exact) mass is 676 g/mol. The van der Waals surface area contributed by atoms with Crippen molar-refractivity contribution in [2.45, 2.75) is 225 Å². The Hall–Kier alpha value is -1.43. The molecule has 1 amide bonds. The molecule has 5 nitrogen and oxygen atoms in total. The molecule has 0 aromatic heterocycles. The fraction of sp³-hybridized carbons (Fsp3) is 0.837. The lowest BCUT2D eigenvalue weighted by Gasteiger charge is -2.21. The molecule has 0 aliphatic rings. The number of carbonyl (C=O) groups is 1. The number of amides is 1. The highest BCUT2D eigenvalue weighted by molar-refractivity contribution is 5.80. The minimum absolute atomic E-state index is 0.378. The molecule has 0 aromatic rings. The molecular weight excluding hydrogens is 594 g/mol. The van der Waals surface area contributed by atoms with E-state index >= 15 is 0 Å². The van der Waals surface area contributed by atoms with Crippen LogP contribution in [0.2, 0.25) is 0 Å². The lowest BCUT2D eigenvalue weighted by molar-refractivity contribution is -0.131. The highest BCUT2D eigenvalue weighted by Gasteiger charge is 2.22. The Kier molecular flexibility index (Phi) is 37.2. The van der Waals surface area contributed by atoms with Crippen LogP contribution in [0.1, 0.15) is 206 Å². The summed E-state index contributed by atoms with van der Waals surface area (Å²) < 4.78 is 0. The smallest absolute Gasteiger partial charge is 0.249 e. The van der Waals surface area contributed by atoms with E-state index in [1.807, 2.05) is 6.08 Å². The number of hydrogen-bond donors (Lipinski definition) is 4. The van der Waals surface area contributed by atoms with Crippen LogP contribution in [-0.4, -0.2) is 46.1 Å². The lowest BCUT2D eigenvalue weighted by atomic mass is 10.0. The zero-order valence-corrected chi connectivity index (χ0v) is 31.9. The van der Waals surface area contributed by atoms with Gasteiger partial charge in [0.15, 0.2) is 0 Å². The molecule has 0 fully saturated rings. The van der Waals surface area contributed by atoms with Crippen molar-refractivity contribution in [2.24, 2.45) is 0 Å². The van der Waals surface area contributed by atoms with Gasteiger partial charge in [-0.1, -0.05) is 185 Å². The van der Waals surface area contributed by atoms with Crippen LogP contribution in [0.25, 0.3) is 0 Å². The summed E-state index contributed by atoms with van der Waals surface area (Å²) in [6, 6.07) is -0.815. The molecule has 282 valence electrons. The van der Waals surface area contributed by atoms with Crippen LogP contribution < -0.4 is 5.32 Å². The summed E-state index contributed by atoms with van der Waals surface area (Å²) in [6.07, 6.45) is 47.4. The van der Waals surface area contributed by atoms with Gasteiger partial charge in [0.05, 0.1) is 18.8 Å². The van der Waals surface area contributed by atoms with Crippen molar-refractivity contribution >= 4 is 5.91 Å². The third-order valence-electron chi connectivity index (χ3n) is 9.45. The zero-order chi connectivity index (χ0) is 35.2. The van der Waals surface area contributed by atoms with E-state index in [0.717, 1.165) is 38.5 Å². The van der Waals surface area contributed by atoms with Gasteiger partial charge < -0.3 is 20.6 Å². The molecule has 48 heavy (non-hydrogen) atoms. The van der Waals surface area contributed by atoms with Gasteiger partial charge in [-0.3, -0.25) is 4.79 Å². The van der Waals surface area contributed by atoms with Gasteiger partial charge in [0, 0.05) is 0 Å². The van der Waals surface area contributed by atoms with Crippen molar-refractivity contribution in [1.82, 2.24) is 5.32 Å². The molecule has 3 atom stereocenters. The van der Waals surface area contributed by atoms with Crippen LogP contribution in [0.4, 0.5) is 0 Å². The SMILES string of the molecule is CCCCCCCCCC/C=C/CC/C=C/C(O)C(CO)NC(=O)C(O)CCCCCCCC/C=C\CCCCCCCCCCCC. The van der Waals surface area contributed by atoms with Crippen molar-refractivity contribution in [2.75, 3.05) is 6.61 Å². The van der Waals surface area contributed by atoms with E-state index in [9.17, 15) is 20.1 Å². The Morgan fingerprint density at radius 1 is 0.500 bits per heavy atom. The molecule has 0 radical (unpaired) electrons. The maximum absolute atomic E-state index is 12.4. The molecule has 3 unspecified atom stereocenters. The Morgan fingerprint density at radius 2 is 0.854 bits per heavy atom. The van der Waals surface area contributed by atoms with Gasteiger partial charge in [-0.25, -0.2) is 0 Å². The summed E-state index contributed by atoms with van der Waals surface area (Å²) in [4.78, 5) is 12.4. The molecule has 0 aliphatic heterocycles. The van der Waals surface area contributed by atoms with E-state index in [1.165, 1.54) is 148 Å². The second-order valence-electron chi connectivity index (χ2n) is 14.2. The first-order valence-electron chi connectivity index (χ1n) is 20.8. The van der Waals surface area contributed by atoms with E-state index in [0.29, 0.717) is 6.42 Å². The number of nitrogens with one attached hydrogen (secondary N) is 1. The zero-order valence-electron chi connectivity index (χ0n) is 31.9. The third kappa shape index (κ3) is 33.1. The van der Waals surface area contributed by atoms with Gasteiger partial charge in [-0.2, -0.15) is 0 Å². The summed E-state index contributed by atoms with van der Waals surface area (Å²) in [7, 11) is 0. The lowest BCUT2D eigenvalue weighted by Crippen LogP contribution is -2.48. The van der Waals surface area contributed by atoms with Crippen molar-refractivity contribution in [1.29, 1.82) is 0 Å². The van der Waals surface area contributed by atoms with E-state index in [1.54, 1.807) is 6.08 Å². The summed E-state index contributed by atoms with van der Waals surface area (Å²) in [5, 5.41) is 33.0. The topological polar surface area (TPSA) is 89.8 Å². The minimum Gasteiger partial charge on any atom is -0.394 e. The Bertz CT molecular complexity index is 749. The highest BCUT2D eigenvalue weighted by Crippen LogP contribution is 2.14. The molecule has 0 spiro atoms. The molecule has 0 saturated carbocycles. The van der Waals surface area contributed by atoms with E-state index < -0.39 is 24.2 Å². The normalized spacial score (nSPS) is 14.0. The van der Waals surface area contributed by atoms with E-state index in [-0.39, 0.29) is 6.61 Å². The largest absolute Gasteiger partial charge is 0.394 e. The van der Waals surface area contributed by atoms with Crippen molar-refractivity contribution < 1.29 is 20.1 Å². The van der Waals surface area contributed by atoms with Crippen molar-refractivity contribution in [3.05, 3.63) is 36.5 Å². The van der Waals surface area contributed by atoms with Crippen molar-refractivity contribution in [3.8, 4) is 0 Å². The minimum atomic E-state index is -1.11. The third-order valence-corrected chi connectivity index (χ3v) is 9.45. The van der Waals surface area contributed by atoms with Crippen LogP contribution in [0.3, 0.4) is 0 Å². The Balaban J connectivity index is 3.73. The standard InChI is InChI=1S/C43H81NO4/c1-3-5-7-9-11-13-15-17-19-20-21-22-23-24-26-28-30-32-34-36-38-42(47)43(48)44-40(39-45)41(46)37-35-33-31-29-27-25-18-16-14-12-10-8-6-4-2/h22-23,27,29,35,37,40-42,45-47H,3-21,24-26,28,30-34,36,38-39H2,1-2H3,(H,44,48)/b23-22-,29-27+,37-35+. The number of unbranched alkanes of at least 4 members (excludes halogenated alkanes) is 25. The molecule has 5 heteroatoms. The molecule has 0 heterocycles. The molecule has 0 aromatic carbocycles. The average Bonchev–Trinajstić information content (AvgIpc) is 3.09. The summed E-state index contributed by atoms with van der Waals surface area (Å²) in [5.41, 5.74) is 0. The van der Waals surface area contributed by atoms with Crippen LogP contribution in [0.15, 0.2) is 36.5 Å². The molecule has 0 saturated heterocycles. The first kappa shape index (κ1) is 46.6. The van der Waals surface area contributed by atoms with Crippen LogP contribution in [0, 0.1) is 0 Å². The molecule has 4 N–H and O–H groups in total. The van der Waals surface area contributed by atoms with Gasteiger partial charge in [0.2, 0.25) is 5.91 Å². The Labute approximate surface area is 298 Å². The second kappa shape index (κ2) is 38.4. The summed E-state index contributed by atoms with van der Waals surface area (Å²) >= 11 is 0. The average molecular weight is 676 g/mol. The number of carbonyl (C=O) groups excluding carboxylic acids is 1. The molecular formula is C43H81NO4. The number of aliphatic hydroxyl groups excluding tert-OH is 3. The Morgan fingerprint density at radius 3 is 1.27 bits per heavy atom. The molecule has 0 rings (SSSR count). The predicted molar refractivity (Wildman–Crippen MR) is 208 cm³/mol. The summed E-state index contributed by atoms with van der Waals surface area (Å²) in [5.74, 6) is -0.519. The molecule has 0 bridgehead atoms. The fourth-order valence-electron chi connectivity index (χ4n) is 6.14. The van der Waals surface area contributed by atoms with Crippen molar-refractivity contribution in [3.63, 3.8) is 0 Å². The summed E-state index contributed by atoms with van der Waals surface area (Å²) in [6.45, 7) is 4.16. The number of allylic oxidation sites excluding steroid dienone is 5. The van der Waals surface area contributed by atoms with Gasteiger partial charge >= 0.3 is 0 Å². The van der Waals surface area contributed by atoms with Gasteiger partial charge in [-0.05, 0) is 57.8 Å². The van der Waals surface area contributed by atoms with E-state index in [2.05, 4.69) is 43.5 Å². The maximum Gasteiger partial charge on any atom is 0.249 e. The predicted octanol–water partition coefficient (Wildman–Crippen LogP) is 11.6. The quantitative estimate of drug-likeness (QED) is 0.0390. The van der Waals surface area contributed by atoms with Gasteiger partial charge in [-0.15, -0.1) is 0 Å². The van der Waals surface area contributed by atoms with Gasteiger partial charge in [0.25, 0.3) is 0 Å². The number of rotatable bonds is 37. The number of hydrogen-bond acceptors (Lipinski definition) is 4. The highest BCUT2D eigenvalue weighted by atomic mass is 16.3. The van der Waals surface area contributed by atoms with E-state index in [4.69, 9.17) is 0 Å². The van der Waals surface area contributed by atoms with Gasteiger partial charge in [0.1, 0.15) is 6.10 Å². The van der Waals surface area contributed by atoms with Crippen LogP contribution >= 0.6 is 0 Å². The number of aliphatic hydroxyl groups is 3. The van der Waals surface area contributed by atoms with Crippen LogP contribution in [0.5, 0.6) is 0 Å².